The van der Waals surface area contributed by atoms with Crippen molar-refractivity contribution in [2.75, 3.05) is 0 Å². The van der Waals surface area contributed by atoms with E-state index in [9.17, 15) is 0 Å². The van der Waals surface area contributed by atoms with Gasteiger partial charge in [0.15, 0.2) is 0 Å². The molecule has 0 aliphatic heterocycles. The quantitative estimate of drug-likeness (QED) is 0.333. The standard InChI is InChI=1S/C22H22Br2/c1-14-8-5-6-13-22(14,2)18-12-7-11-17-19(18)21(24)16-10-4-3-9-15(16)20(17)23/h3-4,7,9-12,14H,5-6,8,13H2,1-2H3. The number of benzene rings is 3. The minimum atomic E-state index is 0.252. The van der Waals surface area contributed by atoms with E-state index in [2.05, 4.69) is 88.2 Å². The molecule has 1 aliphatic carbocycles. The third kappa shape index (κ3) is 2.37. The Kier molecular flexibility index (Phi) is 4.25. The fourth-order valence-electron chi connectivity index (χ4n) is 4.50. The van der Waals surface area contributed by atoms with Crippen LogP contribution in [-0.2, 0) is 5.41 Å². The highest BCUT2D eigenvalue weighted by molar-refractivity contribution is 9.11. The van der Waals surface area contributed by atoms with Crippen molar-refractivity contribution in [2.24, 2.45) is 5.92 Å². The van der Waals surface area contributed by atoms with Crippen molar-refractivity contribution >= 4 is 53.4 Å². The Hall–Kier alpha value is -0.860. The third-order valence-corrected chi connectivity index (χ3v) is 7.88. The number of hydrogen-bond donors (Lipinski definition) is 0. The van der Waals surface area contributed by atoms with E-state index in [-0.39, 0.29) is 5.41 Å². The summed E-state index contributed by atoms with van der Waals surface area (Å²) in [5, 5.41) is 5.27. The van der Waals surface area contributed by atoms with Crippen LogP contribution in [0.1, 0.15) is 45.1 Å². The van der Waals surface area contributed by atoms with Gasteiger partial charge in [-0.25, -0.2) is 0 Å². The van der Waals surface area contributed by atoms with E-state index in [1.54, 1.807) is 0 Å². The first-order chi connectivity index (χ1) is 11.5. The van der Waals surface area contributed by atoms with E-state index in [1.807, 2.05) is 0 Å². The average Bonchev–Trinajstić information content (AvgIpc) is 2.61. The summed E-state index contributed by atoms with van der Waals surface area (Å²) in [6, 6.07) is 15.5. The summed E-state index contributed by atoms with van der Waals surface area (Å²) in [4.78, 5) is 0. The first-order valence-electron chi connectivity index (χ1n) is 8.83. The lowest BCUT2D eigenvalue weighted by atomic mass is 9.63. The molecular formula is C22H22Br2. The van der Waals surface area contributed by atoms with Crippen LogP contribution in [0.5, 0.6) is 0 Å². The average molecular weight is 446 g/mol. The van der Waals surface area contributed by atoms with Crippen molar-refractivity contribution in [3.63, 3.8) is 0 Å². The summed E-state index contributed by atoms with van der Waals surface area (Å²) in [7, 11) is 0. The predicted octanol–water partition coefficient (Wildman–Crippen LogP) is 7.99. The van der Waals surface area contributed by atoms with Crippen molar-refractivity contribution in [3.8, 4) is 0 Å². The summed E-state index contributed by atoms with van der Waals surface area (Å²) in [6.45, 7) is 4.91. The van der Waals surface area contributed by atoms with E-state index in [0.29, 0.717) is 5.92 Å². The van der Waals surface area contributed by atoms with E-state index < -0.39 is 0 Å². The molecule has 0 spiro atoms. The van der Waals surface area contributed by atoms with E-state index >= 15 is 0 Å². The second kappa shape index (κ2) is 6.14. The van der Waals surface area contributed by atoms with Crippen molar-refractivity contribution in [1.82, 2.24) is 0 Å². The molecule has 2 atom stereocenters. The molecule has 24 heavy (non-hydrogen) atoms. The maximum absolute atomic E-state index is 3.96. The van der Waals surface area contributed by atoms with Crippen LogP contribution in [0.15, 0.2) is 51.4 Å². The maximum Gasteiger partial charge on any atom is 0.0335 e. The van der Waals surface area contributed by atoms with Crippen LogP contribution >= 0.6 is 31.9 Å². The van der Waals surface area contributed by atoms with Gasteiger partial charge in [0.2, 0.25) is 0 Å². The van der Waals surface area contributed by atoms with Crippen molar-refractivity contribution < 1.29 is 0 Å². The van der Waals surface area contributed by atoms with Gasteiger partial charge in [0, 0.05) is 14.3 Å². The molecule has 4 rings (SSSR count). The predicted molar refractivity (Wildman–Crippen MR) is 112 cm³/mol. The van der Waals surface area contributed by atoms with Crippen LogP contribution in [-0.4, -0.2) is 0 Å². The minimum Gasteiger partial charge on any atom is -0.0617 e. The smallest absolute Gasteiger partial charge is 0.0335 e. The lowest BCUT2D eigenvalue weighted by Crippen LogP contribution is -2.33. The zero-order valence-corrected chi connectivity index (χ0v) is 17.4. The van der Waals surface area contributed by atoms with Crippen molar-refractivity contribution in [2.45, 2.75) is 44.9 Å². The zero-order valence-electron chi connectivity index (χ0n) is 14.2. The molecule has 2 unspecified atom stereocenters. The minimum absolute atomic E-state index is 0.252. The fraction of sp³-hybridized carbons (Fsp3) is 0.364. The molecule has 0 radical (unpaired) electrons. The summed E-state index contributed by atoms with van der Waals surface area (Å²) < 4.78 is 2.45. The van der Waals surface area contributed by atoms with Gasteiger partial charge in [-0.15, -0.1) is 0 Å². The lowest BCUT2D eigenvalue weighted by Gasteiger charge is -2.41. The molecule has 1 fully saturated rings. The molecule has 1 saturated carbocycles. The number of fused-ring (bicyclic) bond motifs is 2. The summed E-state index contributed by atoms with van der Waals surface area (Å²) in [6.07, 6.45) is 5.32. The Morgan fingerprint density at radius 1 is 0.875 bits per heavy atom. The van der Waals surface area contributed by atoms with Gasteiger partial charge in [0.05, 0.1) is 0 Å². The Bertz CT molecular complexity index is 928. The number of halogens is 2. The largest absolute Gasteiger partial charge is 0.0617 e. The van der Waals surface area contributed by atoms with Crippen LogP contribution in [0.3, 0.4) is 0 Å². The molecule has 0 amide bonds. The summed E-state index contributed by atoms with van der Waals surface area (Å²) in [5.41, 5.74) is 1.76. The summed E-state index contributed by atoms with van der Waals surface area (Å²) in [5.74, 6) is 0.717. The van der Waals surface area contributed by atoms with Crippen LogP contribution in [0.25, 0.3) is 21.5 Å². The Balaban J connectivity index is 2.11. The zero-order chi connectivity index (χ0) is 16.9. The molecule has 0 N–H and O–H groups in total. The van der Waals surface area contributed by atoms with Crippen molar-refractivity contribution in [3.05, 3.63) is 57.0 Å². The van der Waals surface area contributed by atoms with Gasteiger partial charge in [-0.3, -0.25) is 0 Å². The lowest BCUT2D eigenvalue weighted by molar-refractivity contribution is 0.223. The third-order valence-electron chi connectivity index (χ3n) is 6.21. The number of rotatable bonds is 1. The van der Waals surface area contributed by atoms with E-state index in [1.165, 1.54) is 61.7 Å². The Labute approximate surface area is 160 Å². The number of hydrogen-bond acceptors (Lipinski definition) is 0. The van der Waals surface area contributed by atoms with Crippen LogP contribution in [0, 0.1) is 5.92 Å². The van der Waals surface area contributed by atoms with Crippen LogP contribution in [0.2, 0.25) is 0 Å². The van der Waals surface area contributed by atoms with Gasteiger partial charge in [0.1, 0.15) is 0 Å². The monoisotopic (exact) mass is 444 g/mol. The molecule has 3 aromatic rings. The van der Waals surface area contributed by atoms with E-state index in [0.717, 1.165) is 0 Å². The molecule has 0 nitrogen and oxygen atoms in total. The first kappa shape index (κ1) is 16.6. The summed E-state index contributed by atoms with van der Waals surface area (Å²) >= 11 is 7.84. The Morgan fingerprint density at radius 3 is 2.25 bits per heavy atom. The normalized spacial score (nSPS) is 24.6. The highest BCUT2D eigenvalue weighted by atomic mass is 79.9. The SMILES string of the molecule is CC1CCCCC1(C)c1cccc2c(Br)c3ccccc3c(Br)c12. The van der Waals surface area contributed by atoms with Gasteiger partial charge in [-0.05, 0) is 77.8 Å². The fourth-order valence-corrected chi connectivity index (χ4v) is 5.95. The van der Waals surface area contributed by atoms with Gasteiger partial charge in [0.25, 0.3) is 0 Å². The van der Waals surface area contributed by atoms with Gasteiger partial charge in [-0.2, -0.15) is 0 Å². The molecule has 0 aromatic heterocycles. The first-order valence-corrected chi connectivity index (χ1v) is 10.4. The second-order valence-electron chi connectivity index (χ2n) is 7.47. The van der Waals surface area contributed by atoms with Gasteiger partial charge >= 0.3 is 0 Å². The molecular weight excluding hydrogens is 424 g/mol. The highest BCUT2D eigenvalue weighted by Gasteiger charge is 2.36. The van der Waals surface area contributed by atoms with Crippen LogP contribution in [0.4, 0.5) is 0 Å². The highest BCUT2D eigenvalue weighted by Crippen LogP contribution is 2.49. The molecule has 0 bridgehead atoms. The Morgan fingerprint density at radius 2 is 1.54 bits per heavy atom. The molecule has 3 aromatic carbocycles. The molecule has 0 saturated heterocycles. The molecule has 2 heteroatoms. The van der Waals surface area contributed by atoms with Gasteiger partial charge in [-0.1, -0.05) is 69.2 Å². The molecule has 0 heterocycles. The van der Waals surface area contributed by atoms with E-state index in [4.69, 9.17) is 0 Å². The topological polar surface area (TPSA) is 0 Å². The van der Waals surface area contributed by atoms with Crippen molar-refractivity contribution in [1.29, 1.82) is 0 Å². The van der Waals surface area contributed by atoms with Crippen LogP contribution < -0.4 is 0 Å². The molecule has 124 valence electrons. The van der Waals surface area contributed by atoms with Gasteiger partial charge < -0.3 is 0 Å². The maximum atomic E-state index is 3.96. The second-order valence-corrected chi connectivity index (χ2v) is 9.05. The molecule has 1 aliphatic rings.